The fourth-order valence-electron chi connectivity index (χ4n) is 2.51. The number of fused-ring (bicyclic) bond motifs is 1. The van der Waals surface area contributed by atoms with E-state index in [1.165, 1.54) is 12.1 Å². The molecule has 3 rings (SSSR count). The van der Waals surface area contributed by atoms with Gasteiger partial charge in [0.05, 0.1) is 11.1 Å². The predicted molar refractivity (Wildman–Crippen MR) is 102 cm³/mol. The molecule has 0 saturated carbocycles. The van der Waals surface area contributed by atoms with Gasteiger partial charge in [-0.15, -0.1) is 0 Å². The molecule has 0 radical (unpaired) electrons. The molecule has 0 amide bonds. The molecule has 25 heavy (non-hydrogen) atoms. The summed E-state index contributed by atoms with van der Waals surface area (Å²) in [5, 5.41) is 10.8. The van der Waals surface area contributed by atoms with Crippen LogP contribution in [-0.2, 0) is 10.0 Å². The molecular weight excluding hydrogens is 334 g/mol. The Morgan fingerprint density at radius 1 is 0.760 bits per heavy atom. The van der Waals surface area contributed by atoms with Gasteiger partial charge in [-0.05, 0) is 51.7 Å². The average molecular weight is 351 g/mol. The summed E-state index contributed by atoms with van der Waals surface area (Å²) < 4.78 is 22.5. The minimum Gasteiger partial charge on any atom is -0.323 e. The quantitative estimate of drug-likeness (QED) is 0.327. The Morgan fingerprint density at radius 3 is 1.88 bits per heavy atom. The molecular formula is C19H17N3O2S. The van der Waals surface area contributed by atoms with E-state index in [1.807, 2.05) is 42.5 Å². The highest BCUT2D eigenvalue weighted by molar-refractivity contribution is 7.89. The molecule has 0 spiro atoms. The summed E-state index contributed by atoms with van der Waals surface area (Å²) in [5.74, 6) is 5.18. The first kappa shape index (κ1) is 16.9. The van der Waals surface area contributed by atoms with Gasteiger partial charge in [-0.1, -0.05) is 48.6 Å². The molecule has 0 bridgehead atoms. The highest BCUT2D eigenvalue weighted by Crippen LogP contribution is 2.19. The van der Waals surface area contributed by atoms with E-state index in [2.05, 4.69) is 11.2 Å². The van der Waals surface area contributed by atoms with Crippen molar-refractivity contribution in [3.05, 3.63) is 77.4 Å². The Labute approximate surface area is 146 Å². The maximum absolute atomic E-state index is 11.3. The third kappa shape index (κ3) is 4.12. The monoisotopic (exact) mass is 351 g/mol. The van der Waals surface area contributed by atoms with Crippen molar-refractivity contribution in [3.8, 4) is 0 Å². The second-order valence-corrected chi connectivity index (χ2v) is 7.15. The Bertz CT molecular complexity index is 1070. The first-order chi connectivity index (χ1) is 12.0. The predicted octanol–water partition coefficient (Wildman–Crippen LogP) is 2.95. The van der Waals surface area contributed by atoms with E-state index in [-0.39, 0.29) is 4.90 Å². The van der Waals surface area contributed by atoms with Crippen molar-refractivity contribution in [2.75, 3.05) is 0 Å². The molecule has 0 heterocycles. The van der Waals surface area contributed by atoms with Crippen molar-refractivity contribution < 1.29 is 8.42 Å². The molecule has 0 fully saturated rings. The molecule has 3 aromatic rings. The van der Waals surface area contributed by atoms with Crippen LogP contribution in [0.25, 0.3) is 22.9 Å². The lowest BCUT2D eigenvalue weighted by Gasteiger charge is -2.02. The van der Waals surface area contributed by atoms with Crippen LogP contribution in [0.1, 0.15) is 16.7 Å². The average Bonchev–Trinajstić information content (AvgIpc) is 2.60. The van der Waals surface area contributed by atoms with Crippen LogP contribution in [-0.4, -0.2) is 14.6 Å². The summed E-state index contributed by atoms with van der Waals surface area (Å²) in [4.78, 5) is 0.104. The van der Waals surface area contributed by atoms with Crippen LogP contribution in [0.3, 0.4) is 0 Å². The van der Waals surface area contributed by atoms with Gasteiger partial charge < -0.3 is 5.84 Å². The van der Waals surface area contributed by atoms with Crippen LogP contribution in [0.4, 0.5) is 0 Å². The zero-order valence-electron chi connectivity index (χ0n) is 13.3. The fraction of sp³-hybridized carbons (Fsp3) is 0. The van der Waals surface area contributed by atoms with E-state index >= 15 is 0 Å². The summed E-state index contributed by atoms with van der Waals surface area (Å²) in [6.45, 7) is 0. The van der Waals surface area contributed by atoms with Gasteiger partial charge in [0.25, 0.3) is 0 Å². The molecule has 126 valence electrons. The first-order valence-electron chi connectivity index (χ1n) is 7.54. The highest BCUT2D eigenvalue weighted by atomic mass is 32.2. The van der Waals surface area contributed by atoms with E-state index in [0.717, 1.165) is 27.5 Å². The van der Waals surface area contributed by atoms with Crippen LogP contribution in [0.2, 0.25) is 0 Å². The normalized spacial score (nSPS) is 12.4. The van der Waals surface area contributed by atoms with Gasteiger partial charge in [0.1, 0.15) is 0 Å². The number of primary sulfonamides is 1. The smallest absolute Gasteiger partial charge is 0.238 e. The van der Waals surface area contributed by atoms with E-state index in [1.54, 1.807) is 18.3 Å². The molecule has 3 aromatic carbocycles. The first-order valence-corrected chi connectivity index (χ1v) is 9.08. The fourth-order valence-corrected chi connectivity index (χ4v) is 3.03. The zero-order valence-corrected chi connectivity index (χ0v) is 14.1. The largest absolute Gasteiger partial charge is 0.323 e. The van der Waals surface area contributed by atoms with Gasteiger partial charge >= 0.3 is 0 Å². The van der Waals surface area contributed by atoms with Crippen molar-refractivity contribution in [1.82, 2.24) is 0 Å². The Hall–Kier alpha value is -2.96. The molecule has 6 heteroatoms. The van der Waals surface area contributed by atoms with E-state index < -0.39 is 10.0 Å². The molecule has 0 unspecified atom stereocenters. The number of nitrogens with zero attached hydrogens (tertiary/aromatic N) is 1. The molecule has 0 aliphatic rings. The second kappa shape index (κ2) is 6.88. The summed E-state index contributed by atoms with van der Waals surface area (Å²) >= 11 is 0. The molecule has 0 saturated heterocycles. The lowest BCUT2D eigenvalue weighted by atomic mass is 10.0. The molecule has 4 N–H and O–H groups in total. The van der Waals surface area contributed by atoms with Crippen molar-refractivity contribution >= 4 is 39.2 Å². The lowest BCUT2D eigenvalue weighted by molar-refractivity contribution is 0.598. The molecule has 0 aliphatic carbocycles. The zero-order chi connectivity index (χ0) is 17.9. The number of hydrogen-bond donors (Lipinski definition) is 2. The van der Waals surface area contributed by atoms with Crippen LogP contribution >= 0.6 is 0 Å². The summed E-state index contributed by atoms with van der Waals surface area (Å²) in [6.07, 6.45) is 5.50. The topological polar surface area (TPSA) is 98.5 Å². The van der Waals surface area contributed by atoms with Gasteiger partial charge in [0.2, 0.25) is 10.0 Å². The molecule has 0 aliphatic heterocycles. The number of benzene rings is 3. The van der Waals surface area contributed by atoms with Gasteiger partial charge in [0, 0.05) is 0 Å². The number of nitrogens with two attached hydrogens (primary N) is 2. The third-order valence-corrected chi connectivity index (χ3v) is 4.72. The van der Waals surface area contributed by atoms with Crippen LogP contribution < -0.4 is 11.0 Å². The maximum atomic E-state index is 11.3. The number of hydrazone groups is 1. The Kier molecular flexibility index (Phi) is 4.65. The van der Waals surface area contributed by atoms with Crippen molar-refractivity contribution in [1.29, 1.82) is 0 Å². The number of hydrogen-bond acceptors (Lipinski definition) is 4. The number of sulfonamides is 1. The van der Waals surface area contributed by atoms with Crippen molar-refractivity contribution in [3.63, 3.8) is 0 Å². The lowest BCUT2D eigenvalue weighted by Crippen LogP contribution is -2.11. The van der Waals surface area contributed by atoms with Crippen molar-refractivity contribution in [2.24, 2.45) is 16.1 Å². The molecule has 0 atom stereocenters. The maximum Gasteiger partial charge on any atom is 0.238 e. The summed E-state index contributed by atoms with van der Waals surface area (Å²) in [5.41, 5.74) is 2.89. The minimum atomic E-state index is -3.66. The van der Waals surface area contributed by atoms with E-state index in [9.17, 15) is 8.42 Å². The van der Waals surface area contributed by atoms with Crippen LogP contribution in [0, 0.1) is 0 Å². The van der Waals surface area contributed by atoms with Crippen LogP contribution in [0.5, 0.6) is 0 Å². The Balaban J connectivity index is 1.84. The third-order valence-electron chi connectivity index (χ3n) is 3.79. The SMILES string of the molecule is NN=Cc1ccc2cc(C=Cc3ccc(S(N)(=O)=O)cc3)ccc2c1. The minimum absolute atomic E-state index is 0.104. The Morgan fingerprint density at radius 2 is 1.28 bits per heavy atom. The molecule has 5 nitrogen and oxygen atoms in total. The summed E-state index contributed by atoms with van der Waals surface area (Å²) in [6, 6.07) is 18.5. The highest BCUT2D eigenvalue weighted by Gasteiger charge is 2.05. The van der Waals surface area contributed by atoms with E-state index in [4.69, 9.17) is 11.0 Å². The van der Waals surface area contributed by atoms with Gasteiger partial charge in [-0.25, -0.2) is 13.6 Å². The van der Waals surface area contributed by atoms with Crippen molar-refractivity contribution in [2.45, 2.75) is 4.90 Å². The summed E-state index contributed by atoms with van der Waals surface area (Å²) in [7, 11) is -3.66. The standard InChI is InChI=1S/C19H17N3O2S/c20-22-13-16-4-8-17-11-15(3-7-18(17)12-16)2-1-14-5-9-19(10-6-14)25(21,23)24/h1-13H,20H2,(H2,21,23,24). The second-order valence-electron chi connectivity index (χ2n) is 5.59. The number of rotatable bonds is 4. The molecule has 0 aromatic heterocycles. The van der Waals surface area contributed by atoms with Gasteiger partial charge in [-0.2, -0.15) is 5.10 Å². The van der Waals surface area contributed by atoms with Crippen LogP contribution in [0.15, 0.2) is 70.7 Å². The van der Waals surface area contributed by atoms with E-state index in [0.29, 0.717) is 0 Å². The van der Waals surface area contributed by atoms with Gasteiger partial charge in [0.15, 0.2) is 0 Å². The van der Waals surface area contributed by atoms with Gasteiger partial charge in [-0.3, -0.25) is 0 Å².